The third-order valence-electron chi connectivity index (χ3n) is 3.86. The minimum Gasteiger partial charge on any atom is -0.322 e. The molecule has 3 rings (SSSR count). The van der Waals surface area contributed by atoms with Gasteiger partial charge in [-0.2, -0.15) is 0 Å². The molecule has 0 fully saturated rings. The predicted molar refractivity (Wildman–Crippen MR) is 103 cm³/mol. The molecule has 3 aromatic carbocycles. The van der Waals surface area contributed by atoms with Crippen molar-refractivity contribution in [2.45, 2.75) is 11.8 Å². The van der Waals surface area contributed by atoms with E-state index in [0.717, 1.165) is 6.07 Å². The van der Waals surface area contributed by atoms with Gasteiger partial charge in [-0.05, 0) is 55.0 Å². The number of rotatable bonds is 5. The molecule has 0 aromatic heterocycles. The predicted octanol–water partition coefficient (Wildman–Crippen LogP) is 4.19. The summed E-state index contributed by atoms with van der Waals surface area (Å²) in [5.41, 5.74) is 1.30. The van der Waals surface area contributed by atoms with Crippen LogP contribution in [0.4, 0.5) is 15.8 Å². The molecule has 2 N–H and O–H groups in total. The topological polar surface area (TPSA) is 75.3 Å². The number of amides is 1. The van der Waals surface area contributed by atoms with E-state index in [2.05, 4.69) is 10.0 Å². The lowest BCUT2D eigenvalue weighted by atomic mass is 10.1. The summed E-state index contributed by atoms with van der Waals surface area (Å²) in [4.78, 5) is 12.4. The molecule has 0 atom stereocenters. The molecule has 0 radical (unpaired) electrons. The van der Waals surface area contributed by atoms with Gasteiger partial charge in [-0.25, -0.2) is 12.8 Å². The van der Waals surface area contributed by atoms with Crippen molar-refractivity contribution in [1.82, 2.24) is 0 Å². The molecule has 27 heavy (non-hydrogen) atoms. The van der Waals surface area contributed by atoms with Gasteiger partial charge in [-0.1, -0.05) is 30.3 Å². The molecule has 0 heterocycles. The van der Waals surface area contributed by atoms with Gasteiger partial charge in [0.15, 0.2) is 0 Å². The molecule has 138 valence electrons. The van der Waals surface area contributed by atoms with Gasteiger partial charge in [-0.3, -0.25) is 9.52 Å². The van der Waals surface area contributed by atoms with Crippen molar-refractivity contribution in [2.24, 2.45) is 0 Å². The van der Waals surface area contributed by atoms with Crippen LogP contribution >= 0.6 is 0 Å². The number of halogens is 1. The number of carbonyl (C=O) groups excluding carboxylic acids is 1. The van der Waals surface area contributed by atoms with E-state index >= 15 is 0 Å². The number of hydrogen-bond donors (Lipinski definition) is 2. The Bertz CT molecular complexity index is 1080. The largest absolute Gasteiger partial charge is 0.322 e. The van der Waals surface area contributed by atoms with Crippen LogP contribution in [0.2, 0.25) is 0 Å². The van der Waals surface area contributed by atoms with Crippen molar-refractivity contribution in [3.63, 3.8) is 0 Å². The van der Waals surface area contributed by atoms with Crippen LogP contribution in [-0.2, 0) is 10.0 Å². The number of carbonyl (C=O) groups is 1. The molecule has 0 aliphatic rings. The van der Waals surface area contributed by atoms with Gasteiger partial charge in [0.1, 0.15) is 5.82 Å². The number of anilines is 2. The first-order valence-electron chi connectivity index (χ1n) is 8.10. The molecule has 0 aliphatic carbocycles. The van der Waals surface area contributed by atoms with Gasteiger partial charge in [0.05, 0.1) is 10.6 Å². The van der Waals surface area contributed by atoms with Gasteiger partial charge >= 0.3 is 0 Å². The van der Waals surface area contributed by atoms with Crippen LogP contribution in [0.15, 0.2) is 77.7 Å². The van der Waals surface area contributed by atoms with Gasteiger partial charge in [0.25, 0.3) is 15.9 Å². The minimum atomic E-state index is -3.73. The molecule has 1 amide bonds. The average Bonchev–Trinajstić information content (AvgIpc) is 2.64. The van der Waals surface area contributed by atoms with Gasteiger partial charge in [0, 0.05) is 11.3 Å². The Kier molecular flexibility index (Phi) is 5.23. The molecule has 0 unspecified atom stereocenters. The fourth-order valence-corrected chi connectivity index (χ4v) is 3.48. The summed E-state index contributed by atoms with van der Waals surface area (Å²) in [6.45, 7) is 1.61. The Hall–Kier alpha value is -3.19. The van der Waals surface area contributed by atoms with E-state index in [1.165, 1.54) is 30.3 Å². The second kappa shape index (κ2) is 7.59. The summed E-state index contributed by atoms with van der Waals surface area (Å²) in [5, 5.41) is 2.63. The van der Waals surface area contributed by atoms with Crippen molar-refractivity contribution < 1.29 is 17.6 Å². The average molecular weight is 384 g/mol. The highest BCUT2D eigenvalue weighted by molar-refractivity contribution is 7.92. The van der Waals surface area contributed by atoms with E-state index < -0.39 is 21.7 Å². The summed E-state index contributed by atoms with van der Waals surface area (Å²) < 4.78 is 40.9. The highest BCUT2D eigenvalue weighted by atomic mass is 32.2. The summed E-state index contributed by atoms with van der Waals surface area (Å²) in [7, 11) is -3.73. The van der Waals surface area contributed by atoms with E-state index in [9.17, 15) is 17.6 Å². The Morgan fingerprint density at radius 1 is 0.889 bits per heavy atom. The molecule has 0 saturated heterocycles. The fourth-order valence-electron chi connectivity index (χ4n) is 2.41. The molecule has 0 bridgehead atoms. The zero-order valence-corrected chi connectivity index (χ0v) is 15.3. The molecule has 0 spiro atoms. The molecule has 3 aromatic rings. The number of sulfonamides is 1. The second-order valence-electron chi connectivity index (χ2n) is 5.92. The molecule has 7 heteroatoms. The third kappa shape index (κ3) is 4.51. The SMILES string of the molecule is Cc1ccc(C(=O)Nc2cccc(NS(=O)(=O)c3ccccc3)c2)cc1F. The van der Waals surface area contributed by atoms with E-state index in [1.54, 1.807) is 43.3 Å². The minimum absolute atomic E-state index is 0.134. The van der Waals surface area contributed by atoms with E-state index in [1.807, 2.05) is 0 Å². The maximum absolute atomic E-state index is 13.6. The van der Waals surface area contributed by atoms with Crippen molar-refractivity contribution in [3.8, 4) is 0 Å². The monoisotopic (exact) mass is 384 g/mol. The van der Waals surface area contributed by atoms with Crippen molar-refractivity contribution in [3.05, 3.63) is 89.7 Å². The zero-order valence-electron chi connectivity index (χ0n) is 14.4. The lowest BCUT2D eigenvalue weighted by molar-refractivity contribution is 0.102. The standard InChI is InChI=1S/C20H17FN2O3S/c1-14-10-11-15(12-19(14)21)20(24)22-16-6-5-7-17(13-16)23-27(25,26)18-8-3-2-4-9-18/h2-13,23H,1H3,(H,22,24). The van der Waals surface area contributed by atoms with Crippen LogP contribution in [0.3, 0.4) is 0 Å². The molecule has 0 aliphatic heterocycles. The lowest BCUT2D eigenvalue weighted by Crippen LogP contribution is -2.14. The highest BCUT2D eigenvalue weighted by Gasteiger charge is 2.14. The van der Waals surface area contributed by atoms with Gasteiger partial charge in [-0.15, -0.1) is 0 Å². The number of aryl methyl sites for hydroxylation is 1. The maximum atomic E-state index is 13.6. The van der Waals surface area contributed by atoms with Crippen LogP contribution in [0.1, 0.15) is 15.9 Å². The second-order valence-corrected chi connectivity index (χ2v) is 7.60. The first-order valence-corrected chi connectivity index (χ1v) is 9.59. The van der Waals surface area contributed by atoms with Crippen LogP contribution in [0.5, 0.6) is 0 Å². The Balaban J connectivity index is 1.77. The number of nitrogens with one attached hydrogen (secondary N) is 2. The van der Waals surface area contributed by atoms with Crippen molar-refractivity contribution in [2.75, 3.05) is 10.0 Å². The van der Waals surface area contributed by atoms with Crippen LogP contribution in [-0.4, -0.2) is 14.3 Å². The van der Waals surface area contributed by atoms with Gasteiger partial charge < -0.3 is 5.32 Å². The third-order valence-corrected chi connectivity index (χ3v) is 5.26. The number of benzene rings is 3. The summed E-state index contributed by atoms with van der Waals surface area (Å²) in [6.07, 6.45) is 0. The van der Waals surface area contributed by atoms with Crippen molar-refractivity contribution >= 4 is 27.3 Å². The first kappa shape index (κ1) is 18.6. The molecule has 0 saturated carbocycles. The highest BCUT2D eigenvalue weighted by Crippen LogP contribution is 2.20. The lowest BCUT2D eigenvalue weighted by Gasteiger charge is -2.11. The Labute approximate surface area is 156 Å². The molecular weight excluding hydrogens is 367 g/mol. The first-order chi connectivity index (χ1) is 12.8. The van der Waals surface area contributed by atoms with Crippen LogP contribution < -0.4 is 10.0 Å². The summed E-state index contributed by atoms with van der Waals surface area (Å²) >= 11 is 0. The smallest absolute Gasteiger partial charge is 0.261 e. The molecular formula is C20H17FN2O3S. The Morgan fingerprint density at radius 2 is 1.59 bits per heavy atom. The quantitative estimate of drug-likeness (QED) is 0.693. The zero-order chi connectivity index (χ0) is 19.4. The summed E-state index contributed by atoms with van der Waals surface area (Å²) in [6, 6.07) is 18.4. The van der Waals surface area contributed by atoms with E-state index in [-0.39, 0.29) is 10.5 Å². The van der Waals surface area contributed by atoms with E-state index in [0.29, 0.717) is 16.9 Å². The Morgan fingerprint density at radius 3 is 2.30 bits per heavy atom. The van der Waals surface area contributed by atoms with E-state index in [4.69, 9.17) is 0 Å². The number of hydrogen-bond acceptors (Lipinski definition) is 3. The van der Waals surface area contributed by atoms with Crippen molar-refractivity contribution in [1.29, 1.82) is 0 Å². The maximum Gasteiger partial charge on any atom is 0.261 e. The van der Waals surface area contributed by atoms with Crippen LogP contribution in [0, 0.1) is 12.7 Å². The fraction of sp³-hybridized carbons (Fsp3) is 0.0500. The summed E-state index contributed by atoms with van der Waals surface area (Å²) in [5.74, 6) is -0.955. The van der Waals surface area contributed by atoms with Crippen LogP contribution in [0.25, 0.3) is 0 Å². The van der Waals surface area contributed by atoms with Gasteiger partial charge in [0.2, 0.25) is 0 Å². The normalized spacial score (nSPS) is 11.0. The molecule has 5 nitrogen and oxygen atoms in total.